The summed E-state index contributed by atoms with van der Waals surface area (Å²) >= 11 is 0. The zero-order valence-corrected chi connectivity index (χ0v) is 17.2. The minimum atomic E-state index is -0.462. The summed E-state index contributed by atoms with van der Waals surface area (Å²) in [4.78, 5) is 24.3. The van der Waals surface area contributed by atoms with Crippen LogP contribution in [0.25, 0.3) is 0 Å². The van der Waals surface area contributed by atoms with Crippen molar-refractivity contribution >= 4 is 17.8 Å². The first-order valence-electron chi connectivity index (χ1n) is 10.3. The summed E-state index contributed by atoms with van der Waals surface area (Å²) in [6.45, 7) is 0.546. The van der Waals surface area contributed by atoms with E-state index in [1.807, 2.05) is 54.6 Å². The first-order valence-corrected chi connectivity index (χ1v) is 10.3. The Morgan fingerprint density at radius 3 is 2.53 bits per heavy atom. The van der Waals surface area contributed by atoms with Crippen molar-refractivity contribution in [1.29, 1.82) is 0 Å². The van der Waals surface area contributed by atoms with Crippen molar-refractivity contribution < 1.29 is 19.1 Å². The number of urea groups is 1. The number of benzene rings is 2. The van der Waals surface area contributed by atoms with Gasteiger partial charge < -0.3 is 20.1 Å². The normalized spacial score (nSPS) is 18.2. The van der Waals surface area contributed by atoms with E-state index in [0.29, 0.717) is 18.7 Å². The summed E-state index contributed by atoms with van der Waals surface area (Å²) in [6, 6.07) is 16.8. The number of rotatable bonds is 7. The van der Waals surface area contributed by atoms with Crippen LogP contribution in [0.4, 0.5) is 15.3 Å². The third-order valence-corrected chi connectivity index (χ3v) is 5.11. The molecule has 0 aliphatic heterocycles. The summed E-state index contributed by atoms with van der Waals surface area (Å²) < 4.78 is 10.7. The first kappa shape index (κ1) is 21.5. The molecule has 1 fully saturated rings. The molecular formula is C23H29N3O4. The van der Waals surface area contributed by atoms with Crippen LogP contribution in [-0.2, 0) is 11.2 Å². The molecule has 0 radical (unpaired) electrons. The molecule has 2 aromatic carbocycles. The van der Waals surface area contributed by atoms with Crippen LogP contribution in [-0.4, -0.2) is 37.9 Å². The molecule has 3 amide bonds. The molecule has 30 heavy (non-hydrogen) atoms. The third-order valence-electron chi connectivity index (χ3n) is 5.11. The minimum absolute atomic E-state index is 0.00531. The van der Waals surface area contributed by atoms with Crippen LogP contribution in [0, 0.1) is 0 Å². The second-order valence-electron chi connectivity index (χ2n) is 7.38. The SMILES string of the molecule is COc1ccc(CCNC(=O)N[C@@H]2CCC[C@H](OC(=O)Nc3ccccc3)C2)cc1. The molecule has 0 bridgehead atoms. The zero-order valence-electron chi connectivity index (χ0n) is 17.2. The van der Waals surface area contributed by atoms with Gasteiger partial charge in [-0.2, -0.15) is 0 Å². The minimum Gasteiger partial charge on any atom is -0.497 e. The summed E-state index contributed by atoms with van der Waals surface area (Å²) in [6.07, 6.45) is 3.29. The number of hydrogen-bond donors (Lipinski definition) is 3. The Bertz CT molecular complexity index is 811. The predicted octanol–water partition coefficient (Wildman–Crippen LogP) is 4.10. The standard InChI is InChI=1S/C23H29N3O4/c1-29-20-12-10-17(11-13-20)14-15-24-22(27)25-19-8-5-9-21(16-19)30-23(28)26-18-6-3-2-4-7-18/h2-4,6-7,10-13,19,21H,5,8-9,14-16H2,1H3,(H,26,28)(H2,24,25,27)/t19-,21+/m1/s1. The fraction of sp³-hybridized carbons (Fsp3) is 0.391. The van der Waals surface area contributed by atoms with Crippen LogP contribution >= 0.6 is 0 Å². The van der Waals surface area contributed by atoms with Gasteiger partial charge in [0.25, 0.3) is 0 Å². The maximum atomic E-state index is 12.2. The van der Waals surface area contributed by atoms with E-state index in [-0.39, 0.29) is 18.2 Å². The van der Waals surface area contributed by atoms with Crippen LogP contribution < -0.4 is 20.7 Å². The van der Waals surface area contributed by atoms with Gasteiger partial charge in [0.05, 0.1) is 7.11 Å². The highest BCUT2D eigenvalue weighted by Crippen LogP contribution is 2.22. The summed E-state index contributed by atoms with van der Waals surface area (Å²) in [5.74, 6) is 0.816. The van der Waals surface area contributed by atoms with Gasteiger partial charge in [-0.1, -0.05) is 30.3 Å². The lowest BCUT2D eigenvalue weighted by Crippen LogP contribution is -2.46. The summed E-state index contributed by atoms with van der Waals surface area (Å²) in [5.41, 5.74) is 1.83. The summed E-state index contributed by atoms with van der Waals surface area (Å²) in [5, 5.41) is 8.62. The van der Waals surface area contributed by atoms with Crippen LogP contribution in [0.5, 0.6) is 5.75 Å². The van der Waals surface area contributed by atoms with E-state index in [1.54, 1.807) is 7.11 Å². The van der Waals surface area contributed by atoms with E-state index in [9.17, 15) is 9.59 Å². The topological polar surface area (TPSA) is 88.7 Å². The maximum Gasteiger partial charge on any atom is 0.411 e. The highest BCUT2D eigenvalue weighted by atomic mass is 16.6. The van der Waals surface area contributed by atoms with Crippen molar-refractivity contribution in [1.82, 2.24) is 10.6 Å². The van der Waals surface area contributed by atoms with Crippen molar-refractivity contribution in [3.63, 3.8) is 0 Å². The van der Waals surface area contributed by atoms with Crippen molar-refractivity contribution in [2.45, 2.75) is 44.2 Å². The molecule has 0 spiro atoms. The molecule has 3 rings (SSSR count). The Balaban J connectivity index is 1.36. The molecule has 0 unspecified atom stereocenters. The van der Waals surface area contributed by atoms with Gasteiger partial charge in [-0.05, 0) is 55.5 Å². The van der Waals surface area contributed by atoms with Gasteiger partial charge in [-0.15, -0.1) is 0 Å². The van der Waals surface area contributed by atoms with Gasteiger partial charge in [-0.25, -0.2) is 9.59 Å². The maximum absolute atomic E-state index is 12.2. The monoisotopic (exact) mass is 411 g/mol. The van der Waals surface area contributed by atoms with Gasteiger partial charge in [0.1, 0.15) is 11.9 Å². The van der Waals surface area contributed by atoms with Crippen molar-refractivity contribution in [3.8, 4) is 5.75 Å². The third kappa shape index (κ3) is 6.99. The average molecular weight is 412 g/mol. The average Bonchev–Trinajstić information content (AvgIpc) is 2.75. The molecule has 0 aromatic heterocycles. The highest BCUT2D eigenvalue weighted by Gasteiger charge is 2.26. The Morgan fingerprint density at radius 1 is 1.03 bits per heavy atom. The fourth-order valence-corrected chi connectivity index (χ4v) is 3.55. The smallest absolute Gasteiger partial charge is 0.411 e. The number of hydrogen-bond acceptors (Lipinski definition) is 4. The van der Waals surface area contributed by atoms with E-state index in [2.05, 4.69) is 16.0 Å². The van der Waals surface area contributed by atoms with Crippen molar-refractivity contribution in [2.75, 3.05) is 19.0 Å². The lowest BCUT2D eigenvalue weighted by atomic mass is 9.93. The van der Waals surface area contributed by atoms with Gasteiger partial charge in [-0.3, -0.25) is 5.32 Å². The number of carbonyl (C=O) groups is 2. The number of para-hydroxylation sites is 1. The number of anilines is 1. The zero-order chi connectivity index (χ0) is 21.2. The van der Waals surface area contributed by atoms with E-state index < -0.39 is 6.09 Å². The largest absolute Gasteiger partial charge is 0.497 e. The lowest BCUT2D eigenvalue weighted by Gasteiger charge is -2.29. The summed E-state index contributed by atoms with van der Waals surface area (Å²) in [7, 11) is 1.64. The predicted molar refractivity (Wildman–Crippen MR) is 116 cm³/mol. The Morgan fingerprint density at radius 2 is 1.80 bits per heavy atom. The van der Waals surface area contributed by atoms with Gasteiger partial charge in [0.2, 0.25) is 0 Å². The molecular weight excluding hydrogens is 382 g/mol. The van der Waals surface area contributed by atoms with Crippen LogP contribution in [0.2, 0.25) is 0 Å². The molecule has 1 aliphatic carbocycles. The molecule has 1 aliphatic rings. The van der Waals surface area contributed by atoms with Crippen LogP contribution in [0.1, 0.15) is 31.2 Å². The molecule has 0 saturated heterocycles. The number of methoxy groups -OCH3 is 1. The number of ether oxygens (including phenoxy) is 2. The fourth-order valence-electron chi connectivity index (χ4n) is 3.55. The van der Waals surface area contributed by atoms with Crippen molar-refractivity contribution in [3.05, 3.63) is 60.2 Å². The molecule has 1 saturated carbocycles. The lowest BCUT2D eigenvalue weighted by molar-refractivity contribution is 0.0776. The van der Waals surface area contributed by atoms with E-state index >= 15 is 0 Å². The Kier molecular flexibility index (Phi) is 7.94. The molecule has 7 nitrogen and oxygen atoms in total. The number of carbonyl (C=O) groups excluding carboxylic acids is 2. The van der Waals surface area contributed by atoms with Gasteiger partial charge in [0, 0.05) is 24.7 Å². The van der Waals surface area contributed by atoms with Crippen LogP contribution in [0.15, 0.2) is 54.6 Å². The molecule has 160 valence electrons. The van der Waals surface area contributed by atoms with Crippen LogP contribution in [0.3, 0.4) is 0 Å². The van der Waals surface area contributed by atoms with Crippen molar-refractivity contribution in [2.24, 2.45) is 0 Å². The number of nitrogens with one attached hydrogen (secondary N) is 3. The molecule has 0 heterocycles. The highest BCUT2D eigenvalue weighted by molar-refractivity contribution is 5.84. The molecule has 2 atom stereocenters. The second-order valence-corrected chi connectivity index (χ2v) is 7.38. The number of amides is 3. The van der Waals surface area contributed by atoms with E-state index in [0.717, 1.165) is 37.0 Å². The quantitative estimate of drug-likeness (QED) is 0.640. The molecule has 7 heteroatoms. The first-order chi connectivity index (χ1) is 14.6. The Labute approximate surface area is 177 Å². The van der Waals surface area contributed by atoms with E-state index in [4.69, 9.17) is 9.47 Å². The molecule has 2 aromatic rings. The van der Waals surface area contributed by atoms with Gasteiger partial charge >= 0.3 is 12.1 Å². The van der Waals surface area contributed by atoms with Gasteiger partial charge in [0.15, 0.2) is 0 Å². The van der Waals surface area contributed by atoms with E-state index in [1.165, 1.54) is 0 Å². The second kappa shape index (κ2) is 11.1. The Hall–Kier alpha value is -3.22. The molecule has 3 N–H and O–H groups in total.